The van der Waals surface area contributed by atoms with Gasteiger partial charge in [0.25, 0.3) is 0 Å². The van der Waals surface area contributed by atoms with E-state index in [0.29, 0.717) is 12.0 Å². The smallest absolute Gasteiger partial charge is 0.0381 e. The SMILES string of the molecule is Cc1ccc(C2CC(C)Nc3ccccc32)cc1. The van der Waals surface area contributed by atoms with Crippen LogP contribution in [0.25, 0.3) is 0 Å². The molecule has 92 valence electrons. The Morgan fingerprint density at radius 3 is 2.50 bits per heavy atom. The zero-order chi connectivity index (χ0) is 12.5. The second-order valence-electron chi connectivity index (χ2n) is 5.33. The Balaban J connectivity index is 2.04. The summed E-state index contributed by atoms with van der Waals surface area (Å²) in [5.74, 6) is 0.526. The molecule has 0 saturated heterocycles. The summed E-state index contributed by atoms with van der Waals surface area (Å²) in [5.41, 5.74) is 5.48. The van der Waals surface area contributed by atoms with Crippen LogP contribution in [0.2, 0.25) is 0 Å². The lowest BCUT2D eigenvalue weighted by molar-refractivity contribution is 0.614. The van der Waals surface area contributed by atoms with Crippen molar-refractivity contribution in [1.82, 2.24) is 0 Å². The lowest BCUT2D eigenvalue weighted by atomic mass is 9.82. The molecule has 3 rings (SSSR count). The quantitative estimate of drug-likeness (QED) is 0.778. The minimum Gasteiger partial charge on any atom is -0.382 e. The topological polar surface area (TPSA) is 12.0 Å². The highest BCUT2D eigenvalue weighted by Crippen LogP contribution is 2.38. The standard InChI is InChI=1S/C17H19N/c1-12-7-9-14(10-8-12)16-11-13(2)18-17-6-4-3-5-15(16)17/h3-10,13,16,18H,11H2,1-2H3. The third-order valence-electron chi connectivity index (χ3n) is 3.81. The van der Waals surface area contributed by atoms with Gasteiger partial charge in [-0.3, -0.25) is 0 Å². The zero-order valence-electron chi connectivity index (χ0n) is 11.0. The molecule has 1 heteroatoms. The molecular weight excluding hydrogens is 218 g/mol. The Kier molecular flexibility index (Phi) is 2.83. The number of aryl methyl sites for hydroxylation is 1. The summed E-state index contributed by atoms with van der Waals surface area (Å²) in [6, 6.07) is 18.2. The first-order valence-electron chi connectivity index (χ1n) is 6.66. The van der Waals surface area contributed by atoms with Gasteiger partial charge < -0.3 is 5.32 Å². The number of nitrogens with one attached hydrogen (secondary N) is 1. The Labute approximate surface area is 109 Å². The molecule has 0 aliphatic carbocycles. The molecule has 0 saturated carbocycles. The van der Waals surface area contributed by atoms with E-state index in [2.05, 4.69) is 67.7 Å². The molecule has 2 aromatic rings. The molecule has 1 nitrogen and oxygen atoms in total. The summed E-state index contributed by atoms with van der Waals surface area (Å²) >= 11 is 0. The van der Waals surface area contributed by atoms with Crippen molar-refractivity contribution in [2.24, 2.45) is 0 Å². The number of anilines is 1. The molecule has 0 spiro atoms. The average molecular weight is 237 g/mol. The van der Waals surface area contributed by atoms with Crippen LogP contribution in [0.1, 0.15) is 36.0 Å². The summed E-state index contributed by atoms with van der Waals surface area (Å²) in [6.07, 6.45) is 1.17. The first-order valence-corrected chi connectivity index (χ1v) is 6.66. The molecule has 0 fully saturated rings. The van der Waals surface area contributed by atoms with Gasteiger partial charge in [-0.25, -0.2) is 0 Å². The number of benzene rings is 2. The zero-order valence-corrected chi connectivity index (χ0v) is 11.0. The van der Waals surface area contributed by atoms with Gasteiger partial charge in [-0.15, -0.1) is 0 Å². The van der Waals surface area contributed by atoms with E-state index in [1.165, 1.54) is 28.8 Å². The van der Waals surface area contributed by atoms with Crippen LogP contribution in [0, 0.1) is 6.92 Å². The van der Waals surface area contributed by atoms with Crippen molar-refractivity contribution in [2.45, 2.75) is 32.2 Å². The van der Waals surface area contributed by atoms with Gasteiger partial charge in [-0.2, -0.15) is 0 Å². The maximum absolute atomic E-state index is 3.57. The number of hydrogen-bond acceptors (Lipinski definition) is 1. The molecule has 0 bridgehead atoms. The van der Waals surface area contributed by atoms with E-state index in [4.69, 9.17) is 0 Å². The van der Waals surface area contributed by atoms with E-state index < -0.39 is 0 Å². The molecule has 2 unspecified atom stereocenters. The van der Waals surface area contributed by atoms with Crippen LogP contribution in [0.15, 0.2) is 48.5 Å². The van der Waals surface area contributed by atoms with Gasteiger partial charge in [0.2, 0.25) is 0 Å². The minimum atomic E-state index is 0.526. The molecule has 1 N–H and O–H groups in total. The van der Waals surface area contributed by atoms with Crippen molar-refractivity contribution in [2.75, 3.05) is 5.32 Å². The highest BCUT2D eigenvalue weighted by atomic mass is 14.9. The predicted octanol–water partition coefficient (Wildman–Crippen LogP) is 4.33. The monoisotopic (exact) mass is 237 g/mol. The van der Waals surface area contributed by atoms with E-state index in [0.717, 1.165) is 0 Å². The molecular formula is C17H19N. The molecule has 2 atom stereocenters. The van der Waals surface area contributed by atoms with Crippen molar-refractivity contribution in [3.8, 4) is 0 Å². The van der Waals surface area contributed by atoms with Crippen LogP contribution in [-0.2, 0) is 0 Å². The Hall–Kier alpha value is -1.76. The van der Waals surface area contributed by atoms with Gasteiger partial charge in [0.1, 0.15) is 0 Å². The number of hydrogen-bond donors (Lipinski definition) is 1. The third-order valence-corrected chi connectivity index (χ3v) is 3.81. The van der Waals surface area contributed by atoms with Crippen LogP contribution in [0.4, 0.5) is 5.69 Å². The van der Waals surface area contributed by atoms with Gasteiger partial charge in [-0.1, -0.05) is 48.0 Å². The van der Waals surface area contributed by atoms with Crippen LogP contribution in [0.3, 0.4) is 0 Å². The first kappa shape index (κ1) is 11.3. The summed E-state index contributed by atoms with van der Waals surface area (Å²) in [7, 11) is 0. The van der Waals surface area contributed by atoms with Crippen LogP contribution in [0.5, 0.6) is 0 Å². The largest absolute Gasteiger partial charge is 0.382 e. The van der Waals surface area contributed by atoms with Gasteiger partial charge >= 0.3 is 0 Å². The number of para-hydroxylation sites is 1. The lowest BCUT2D eigenvalue weighted by Crippen LogP contribution is -2.25. The maximum atomic E-state index is 3.57. The van der Waals surface area contributed by atoms with Gasteiger partial charge in [-0.05, 0) is 37.5 Å². The summed E-state index contributed by atoms with van der Waals surface area (Å²) in [4.78, 5) is 0. The fraction of sp³-hybridized carbons (Fsp3) is 0.294. The van der Waals surface area contributed by atoms with Crippen molar-refractivity contribution in [3.63, 3.8) is 0 Å². The second-order valence-corrected chi connectivity index (χ2v) is 5.33. The molecule has 1 aliphatic rings. The molecule has 0 aromatic heterocycles. The molecule has 2 aromatic carbocycles. The van der Waals surface area contributed by atoms with Gasteiger partial charge in [0, 0.05) is 17.6 Å². The minimum absolute atomic E-state index is 0.526. The van der Waals surface area contributed by atoms with Gasteiger partial charge in [0.15, 0.2) is 0 Å². The average Bonchev–Trinajstić information content (AvgIpc) is 2.38. The van der Waals surface area contributed by atoms with Crippen molar-refractivity contribution < 1.29 is 0 Å². The summed E-state index contributed by atoms with van der Waals surface area (Å²) in [6.45, 7) is 4.40. The molecule has 1 heterocycles. The van der Waals surface area contributed by atoms with Crippen LogP contribution < -0.4 is 5.32 Å². The van der Waals surface area contributed by atoms with Crippen LogP contribution >= 0.6 is 0 Å². The third kappa shape index (κ3) is 2.01. The maximum Gasteiger partial charge on any atom is 0.0381 e. The first-order chi connectivity index (χ1) is 8.74. The Morgan fingerprint density at radius 2 is 1.72 bits per heavy atom. The summed E-state index contributed by atoms with van der Waals surface area (Å²) < 4.78 is 0. The highest BCUT2D eigenvalue weighted by molar-refractivity contribution is 5.58. The van der Waals surface area contributed by atoms with E-state index in [-0.39, 0.29) is 0 Å². The number of fused-ring (bicyclic) bond motifs is 1. The van der Waals surface area contributed by atoms with E-state index >= 15 is 0 Å². The second kappa shape index (κ2) is 4.49. The van der Waals surface area contributed by atoms with Crippen LogP contribution in [-0.4, -0.2) is 6.04 Å². The van der Waals surface area contributed by atoms with Gasteiger partial charge in [0.05, 0.1) is 0 Å². The molecule has 18 heavy (non-hydrogen) atoms. The van der Waals surface area contributed by atoms with E-state index in [1.807, 2.05) is 0 Å². The van der Waals surface area contributed by atoms with Crippen molar-refractivity contribution in [3.05, 3.63) is 65.2 Å². The van der Waals surface area contributed by atoms with Crippen molar-refractivity contribution >= 4 is 5.69 Å². The normalized spacial score (nSPS) is 22.1. The molecule has 0 amide bonds. The summed E-state index contributed by atoms with van der Waals surface area (Å²) in [5, 5.41) is 3.57. The predicted molar refractivity (Wildman–Crippen MR) is 77.2 cm³/mol. The highest BCUT2D eigenvalue weighted by Gasteiger charge is 2.24. The van der Waals surface area contributed by atoms with Crippen molar-refractivity contribution in [1.29, 1.82) is 0 Å². The Morgan fingerprint density at radius 1 is 1.00 bits per heavy atom. The fourth-order valence-corrected chi connectivity index (χ4v) is 2.85. The van der Waals surface area contributed by atoms with E-state index in [1.54, 1.807) is 0 Å². The Bertz CT molecular complexity index is 542. The van der Waals surface area contributed by atoms with E-state index in [9.17, 15) is 0 Å². The fourth-order valence-electron chi connectivity index (χ4n) is 2.85. The lowest BCUT2D eigenvalue weighted by Gasteiger charge is -2.31. The molecule has 0 radical (unpaired) electrons. The molecule has 1 aliphatic heterocycles. The number of rotatable bonds is 1.